The van der Waals surface area contributed by atoms with Gasteiger partial charge in [0.15, 0.2) is 0 Å². The van der Waals surface area contributed by atoms with Crippen LogP contribution in [0, 0.1) is 0 Å². The van der Waals surface area contributed by atoms with Gasteiger partial charge >= 0.3 is 0 Å². The third-order valence-electron chi connectivity index (χ3n) is 1.91. The Bertz CT molecular complexity index is 424. The number of alkyl halides is 1. The molecule has 4 heteroatoms. The molecule has 0 aliphatic carbocycles. The van der Waals surface area contributed by atoms with Gasteiger partial charge in [-0.25, -0.2) is 9.37 Å². The molecule has 1 aromatic carbocycles. The minimum absolute atomic E-state index is 0.363. The molecule has 0 aliphatic heterocycles. The second kappa shape index (κ2) is 3.46. The molecule has 0 fully saturated rings. The van der Waals surface area contributed by atoms with E-state index in [4.69, 9.17) is 0 Å². The molecule has 0 N–H and O–H groups in total. The van der Waals surface area contributed by atoms with Crippen LogP contribution >= 0.6 is 15.9 Å². The summed E-state index contributed by atoms with van der Waals surface area (Å²) in [5.74, 6) is 0. The average molecular weight is 243 g/mol. The SMILES string of the molecule is FCCn1cnc2ccc(Br)cc21. The van der Waals surface area contributed by atoms with Gasteiger partial charge in [-0.1, -0.05) is 15.9 Å². The first-order valence-electron chi connectivity index (χ1n) is 3.97. The van der Waals surface area contributed by atoms with E-state index >= 15 is 0 Å². The quantitative estimate of drug-likeness (QED) is 0.792. The molecule has 0 radical (unpaired) electrons. The van der Waals surface area contributed by atoms with Gasteiger partial charge < -0.3 is 4.57 Å². The topological polar surface area (TPSA) is 17.8 Å². The van der Waals surface area contributed by atoms with Crippen LogP contribution in [-0.2, 0) is 6.54 Å². The van der Waals surface area contributed by atoms with E-state index in [1.165, 1.54) is 0 Å². The van der Waals surface area contributed by atoms with Gasteiger partial charge in [0.1, 0.15) is 6.67 Å². The van der Waals surface area contributed by atoms with Gasteiger partial charge in [-0.05, 0) is 18.2 Å². The summed E-state index contributed by atoms with van der Waals surface area (Å²) in [6, 6.07) is 5.78. The number of aromatic nitrogens is 2. The molecule has 1 heterocycles. The normalized spacial score (nSPS) is 10.9. The second-order valence-corrected chi connectivity index (χ2v) is 3.68. The van der Waals surface area contributed by atoms with E-state index in [2.05, 4.69) is 20.9 Å². The molecule has 0 unspecified atom stereocenters. The standard InChI is InChI=1S/C9H8BrFN2/c10-7-1-2-8-9(5-7)13(4-3-11)6-12-8/h1-2,5-6H,3-4H2. The van der Waals surface area contributed by atoms with Crippen molar-refractivity contribution in [3.63, 3.8) is 0 Å². The number of hydrogen-bond acceptors (Lipinski definition) is 1. The fourth-order valence-corrected chi connectivity index (χ4v) is 1.65. The van der Waals surface area contributed by atoms with Crippen molar-refractivity contribution in [2.75, 3.05) is 6.67 Å². The Labute approximate surface area is 83.5 Å². The fraction of sp³-hybridized carbons (Fsp3) is 0.222. The van der Waals surface area contributed by atoms with Crippen LogP contribution in [0.3, 0.4) is 0 Å². The highest BCUT2D eigenvalue weighted by atomic mass is 79.9. The summed E-state index contributed by atoms with van der Waals surface area (Å²) in [7, 11) is 0. The highest BCUT2D eigenvalue weighted by Crippen LogP contribution is 2.18. The molecular formula is C9H8BrFN2. The van der Waals surface area contributed by atoms with Crippen LogP contribution in [0.15, 0.2) is 29.0 Å². The van der Waals surface area contributed by atoms with Crippen LogP contribution in [0.25, 0.3) is 11.0 Å². The van der Waals surface area contributed by atoms with Crippen LogP contribution in [-0.4, -0.2) is 16.2 Å². The van der Waals surface area contributed by atoms with Crippen molar-refractivity contribution in [3.05, 3.63) is 29.0 Å². The first-order chi connectivity index (χ1) is 6.31. The van der Waals surface area contributed by atoms with Gasteiger partial charge in [-0.3, -0.25) is 0 Å². The van der Waals surface area contributed by atoms with Crippen molar-refractivity contribution in [2.45, 2.75) is 6.54 Å². The Morgan fingerprint density at radius 3 is 3.08 bits per heavy atom. The molecule has 0 atom stereocenters. The van der Waals surface area contributed by atoms with Gasteiger partial charge in [0.2, 0.25) is 0 Å². The number of halogens is 2. The van der Waals surface area contributed by atoms with Gasteiger partial charge in [0.05, 0.1) is 23.9 Å². The highest BCUT2D eigenvalue weighted by Gasteiger charge is 2.01. The lowest BCUT2D eigenvalue weighted by Crippen LogP contribution is -1.96. The summed E-state index contributed by atoms with van der Waals surface area (Å²) in [5, 5.41) is 0. The van der Waals surface area contributed by atoms with Gasteiger partial charge in [0.25, 0.3) is 0 Å². The Morgan fingerprint density at radius 2 is 2.31 bits per heavy atom. The maximum absolute atomic E-state index is 12.1. The molecule has 0 saturated heterocycles. The predicted molar refractivity (Wildman–Crippen MR) is 53.4 cm³/mol. The molecule has 0 bridgehead atoms. The molecule has 2 rings (SSSR count). The zero-order valence-electron chi connectivity index (χ0n) is 6.87. The van der Waals surface area contributed by atoms with Crippen molar-refractivity contribution in [3.8, 4) is 0 Å². The molecule has 68 valence electrons. The first-order valence-corrected chi connectivity index (χ1v) is 4.77. The summed E-state index contributed by atoms with van der Waals surface area (Å²) in [5.41, 5.74) is 1.86. The molecule has 0 saturated carbocycles. The lowest BCUT2D eigenvalue weighted by Gasteiger charge is -1.99. The van der Waals surface area contributed by atoms with Gasteiger partial charge in [-0.15, -0.1) is 0 Å². The first kappa shape index (κ1) is 8.69. The molecular weight excluding hydrogens is 235 g/mol. The summed E-state index contributed by atoms with van der Waals surface area (Å²) in [4.78, 5) is 4.15. The average Bonchev–Trinajstić information content (AvgIpc) is 2.49. The second-order valence-electron chi connectivity index (χ2n) is 2.76. The summed E-state index contributed by atoms with van der Waals surface area (Å²) in [6.07, 6.45) is 1.66. The molecule has 0 spiro atoms. The largest absolute Gasteiger partial charge is 0.328 e. The Kier molecular flexibility index (Phi) is 2.31. The van der Waals surface area contributed by atoms with Crippen molar-refractivity contribution >= 4 is 27.0 Å². The molecule has 2 aromatic rings. The van der Waals surface area contributed by atoms with E-state index in [1.54, 1.807) is 10.9 Å². The van der Waals surface area contributed by atoms with E-state index in [9.17, 15) is 4.39 Å². The molecule has 13 heavy (non-hydrogen) atoms. The van der Waals surface area contributed by atoms with E-state index in [1.807, 2.05) is 18.2 Å². The van der Waals surface area contributed by atoms with Gasteiger partial charge in [0, 0.05) is 4.47 Å². The maximum Gasteiger partial charge on any atom is 0.107 e. The van der Waals surface area contributed by atoms with Crippen LogP contribution in [0.5, 0.6) is 0 Å². The van der Waals surface area contributed by atoms with Crippen molar-refractivity contribution in [1.29, 1.82) is 0 Å². The lowest BCUT2D eigenvalue weighted by molar-refractivity contribution is 0.450. The Hall–Kier alpha value is -0.900. The molecule has 0 aliphatic rings. The lowest BCUT2D eigenvalue weighted by atomic mass is 10.3. The number of benzene rings is 1. The number of rotatable bonds is 2. The number of nitrogens with zero attached hydrogens (tertiary/aromatic N) is 2. The molecule has 0 amide bonds. The number of fused-ring (bicyclic) bond motifs is 1. The smallest absolute Gasteiger partial charge is 0.107 e. The monoisotopic (exact) mass is 242 g/mol. The van der Waals surface area contributed by atoms with Crippen LogP contribution in [0.2, 0.25) is 0 Å². The van der Waals surface area contributed by atoms with E-state index < -0.39 is 0 Å². The van der Waals surface area contributed by atoms with E-state index in [0.717, 1.165) is 15.5 Å². The predicted octanol–water partition coefficient (Wildman–Crippen LogP) is 2.77. The number of aryl methyl sites for hydroxylation is 1. The van der Waals surface area contributed by atoms with Crippen LogP contribution in [0.1, 0.15) is 0 Å². The van der Waals surface area contributed by atoms with Gasteiger partial charge in [-0.2, -0.15) is 0 Å². The Balaban J connectivity index is 2.58. The fourth-order valence-electron chi connectivity index (χ4n) is 1.30. The minimum atomic E-state index is -0.363. The van der Waals surface area contributed by atoms with E-state index in [0.29, 0.717) is 6.54 Å². The Morgan fingerprint density at radius 1 is 1.46 bits per heavy atom. The zero-order chi connectivity index (χ0) is 9.26. The minimum Gasteiger partial charge on any atom is -0.328 e. The molecule has 2 nitrogen and oxygen atoms in total. The third-order valence-corrected chi connectivity index (χ3v) is 2.40. The summed E-state index contributed by atoms with van der Waals surface area (Å²) < 4.78 is 14.9. The summed E-state index contributed by atoms with van der Waals surface area (Å²) in [6.45, 7) is 0.00489. The van der Waals surface area contributed by atoms with Crippen molar-refractivity contribution < 1.29 is 4.39 Å². The zero-order valence-corrected chi connectivity index (χ0v) is 8.46. The highest BCUT2D eigenvalue weighted by molar-refractivity contribution is 9.10. The van der Waals surface area contributed by atoms with Crippen molar-refractivity contribution in [1.82, 2.24) is 9.55 Å². The molecule has 1 aromatic heterocycles. The summed E-state index contributed by atoms with van der Waals surface area (Å²) >= 11 is 3.37. The number of imidazole rings is 1. The van der Waals surface area contributed by atoms with Crippen LogP contribution in [0.4, 0.5) is 4.39 Å². The van der Waals surface area contributed by atoms with E-state index in [-0.39, 0.29) is 6.67 Å². The number of hydrogen-bond donors (Lipinski definition) is 0. The third kappa shape index (κ3) is 1.58. The maximum atomic E-state index is 12.1. The van der Waals surface area contributed by atoms with Crippen molar-refractivity contribution in [2.24, 2.45) is 0 Å². The van der Waals surface area contributed by atoms with Crippen LogP contribution < -0.4 is 0 Å².